The molecule has 0 atom stereocenters. The minimum atomic E-state index is 0.0378. The zero-order valence-electron chi connectivity index (χ0n) is 8.83. The predicted octanol–water partition coefficient (Wildman–Crippen LogP) is 1.65. The largest absolute Gasteiger partial charge is 0.444 e. The number of carbonyl (C=O) groups is 1. The van der Waals surface area contributed by atoms with Crippen molar-refractivity contribution in [1.29, 1.82) is 0 Å². The molecular weight excluding hydrogens is 180 g/mol. The number of carbonyl (C=O) groups excluding carboxylic acids is 1. The number of nitrogens with one attached hydrogen (secondary N) is 1. The Balaban J connectivity index is 2.30. The fraction of sp³-hybridized carbons (Fsp3) is 0.600. The monoisotopic (exact) mass is 196 g/mol. The van der Waals surface area contributed by atoms with Gasteiger partial charge < -0.3 is 9.73 Å². The Kier molecular flexibility index (Phi) is 3.68. The molecule has 0 aliphatic rings. The Hall–Kier alpha value is -1.32. The number of aromatic nitrogens is 1. The summed E-state index contributed by atoms with van der Waals surface area (Å²) in [5.41, 5.74) is 0. The van der Waals surface area contributed by atoms with Crippen molar-refractivity contribution in [2.24, 2.45) is 5.92 Å². The van der Waals surface area contributed by atoms with E-state index in [1.54, 1.807) is 6.20 Å². The number of aryl methyl sites for hydroxylation is 1. The van der Waals surface area contributed by atoms with E-state index in [9.17, 15) is 4.79 Å². The quantitative estimate of drug-likeness (QED) is 0.796. The molecule has 0 unspecified atom stereocenters. The van der Waals surface area contributed by atoms with Gasteiger partial charge in [-0.1, -0.05) is 13.8 Å². The first-order valence-corrected chi connectivity index (χ1v) is 4.76. The Morgan fingerprint density at radius 2 is 2.36 bits per heavy atom. The molecule has 78 valence electrons. The molecular formula is C10H16N2O2. The number of oxazole rings is 1. The number of nitrogens with zero attached hydrogens (tertiary/aromatic N) is 1. The Bertz CT molecular complexity index is 305. The maximum absolute atomic E-state index is 11.3. The van der Waals surface area contributed by atoms with Gasteiger partial charge >= 0.3 is 0 Å². The zero-order valence-corrected chi connectivity index (χ0v) is 8.83. The molecule has 14 heavy (non-hydrogen) atoms. The maximum atomic E-state index is 11.3. The average molecular weight is 196 g/mol. The second kappa shape index (κ2) is 4.79. The van der Waals surface area contributed by atoms with E-state index in [1.165, 1.54) is 0 Å². The lowest BCUT2D eigenvalue weighted by Gasteiger charge is -2.04. The molecule has 1 N–H and O–H groups in total. The van der Waals surface area contributed by atoms with Crippen LogP contribution in [-0.2, 0) is 11.3 Å². The molecule has 0 spiro atoms. The first kappa shape index (κ1) is 10.8. The highest BCUT2D eigenvalue weighted by Gasteiger charge is 2.06. The molecule has 4 nitrogen and oxygen atoms in total. The lowest BCUT2D eigenvalue weighted by molar-refractivity contribution is -0.122. The van der Waals surface area contributed by atoms with Crippen LogP contribution >= 0.6 is 0 Å². The fourth-order valence-corrected chi connectivity index (χ4v) is 1.10. The number of rotatable bonds is 4. The molecule has 0 aliphatic heterocycles. The lowest BCUT2D eigenvalue weighted by Crippen LogP contribution is -2.23. The highest BCUT2D eigenvalue weighted by molar-refractivity contribution is 5.75. The third-order valence-electron chi connectivity index (χ3n) is 1.70. The standard InChI is InChI=1S/C10H16N2O2/c1-7(2)4-9(13)11-6-10-12-5-8(3)14-10/h5,7H,4,6H2,1-3H3,(H,11,13). The molecule has 0 saturated heterocycles. The summed E-state index contributed by atoms with van der Waals surface area (Å²) >= 11 is 0. The highest BCUT2D eigenvalue weighted by atomic mass is 16.4. The molecule has 1 aromatic heterocycles. The minimum absolute atomic E-state index is 0.0378. The lowest BCUT2D eigenvalue weighted by atomic mass is 10.1. The zero-order chi connectivity index (χ0) is 10.6. The first-order chi connectivity index (χ1) is 6.58. The third-order valence-corrected chi connectivity index (χ3v) is 1.70. The Morgan fingerprint density at radius 1 is 1.64 bits per heavy atom. The van der Waals surface area contributed by atoms with E-state index < -0.39 is 0 Å². The molecule has 1 amide bonds. The summed E-state index contributed by atoms with van der Waals surface area (Å²) in [5, 5.41) is 2.75. The van der Waals surface area contributed by atoms with Crippen LogP contribution in [0.1, 0.15) is 31.9 Å². The topological polar surface area (TPSA) is 55.1 Å². The van der Waals surface area contributed by atoms with Crippen LogP contribution in [0.3, 0.4) is 0 Å². The molecule has 4 heteroatoms. The summed E-state index contributed by atoms with van der Waals surface area (Å²) in [6.45, 7) is 6.22. The first-order valence-electron chi connectivity index (χ1n) is 4.76. The summed E-state index contributed by atoms with van der Waals surface area (Å²) < 4.78 is 5.21. The van der Waals surface area contributed by atoms with Gasteiger partial charge in [0.1, 0.15) is 5.76 Å². The molecule has 0 fully saturated rings. The van der Waals surface area contributed by atoms with Crippen LogP contribution in [0, 0.1) is 12.8 Å². The summed E-state index contributed by atoms with van der Waals surface area (Å²) in [7, 11) is 0. The SMILES string of the molecule is Cc1cnc(CNC(=O)CC(C)C)o1. The molecule has 1 heterocycles. The minimum Gasteiger partial charge on any atom is -0.444 e. The van der Waals surface area contributed by atoms with Crippen molar-refractivity contribution in [3.8, 4) is 0 Å². The average Bonchev–Trinajstić information content (AvgIpc) is 2.47. The molecule has 0 aromatic carbocycles. The van der Waals surface area contributed by atoms with E-state index in [-0.39, 0.29) is 5.91 Å². The van der Waals surface area contributed by atoms with E-state index >= 15 is 0 Å². The maximum Gasteiger partial charge on any atom is 0.220 e. The normalized spacial score (nSPS) is 10.6. The number of hydrogen-bond acceptors (Lipinski definition) is 3. The highest BCUT2D eigenvalue weighted by Crippen LogP contribution is 2.02. The van der Waals surface area contributed by atoms with E-state index in [1.807, 2.05) is 20.8 Å². The van der Waals surface area contributed by atoms with Crippen LogP contribution < -0.4 is 5.32 Å². The van der Waals surface area contributed by atoms with Gasteiger partial charge in [-0.3, -0.25) is 4.79 Å². The van der Waals surface area contributed by atoms with Crippen molar-refractivity contribution in [2.45, 2.75) is 33.7 Å². The van der Waals surface area contributed by atoms with Crippen molar-refractivity contribution in [2.75, 3.05) is 0 Å². The fourth-order valence-electron chi connectivity index (χ4n) is 1.10. The molecule has 1 aromatic rings. The Morgan fingerprint density at radius 3 is 2.86 bits per heavy atom. The van der Waals surface area contributed by atoms with Crippen molar-refractivity contribution < 1.29 is 9.21 Å². The molecule has 1 rings (SSSR count). The van der Waals surface area contributed by atoms with Crippen molar-refractivity contribution in [3.05, 3.63) is 17.8 Å². The second-order valence-corrected chi connectivity index (χ2v) is 3.74. The summed E-state index contributed by atoms with van der Waals surface area (Å²) in [4.78, 5) is 15.2. The van der Waals surface area contributed by atoms with E-state index in [0.29, 0.717) is 24.8 Å². The smallest absolute Gasteiger partial charge is 0.220 e. The summed E-state index contributed by atoms with van der Waals surface area (Å²) in [6, 6.07) is 0. The van der Waals surface area contributed by atoms with Gasteiger partial charge in [0, 0.05) is 6.42 Å². The van der Waals surface area contributed by atoms with Gasteiger partial charge in [0.2, 0.25) is 11.8 Å². The van der Waals surface area contributed by atoms with Gasteiger partial charge in [-0.25, -0.2) is 4.98 Å². The van der Waals surface area contributed by atoms with E-state index in [2.05, 4.69) is 10.3 Å². The molecule has 0 bridgehead atoms. The second-order valence-electron chi connectivity index (χ2n) is 3.74. The van der Waals surface area contributed by atoms with E-state index in [0.717, 1.165) is 5.76 Å². The van der Waals surface area contributed by atoms with Gasteiger partial charge in [-0.2, -0.15) is 0 Å². The van der Waals surface area contributed by atoms with Gasteiger partial charge in [0.25, 0.3) is 0 Å². The third kappa shape index (κ3) is 3.60. The summed E-state index contributed by atoms with van der Waals surface area (Å²) in [6.07, 6.45) is 2.18. The number of hydrogen-bond donors (Lipinski definition) is 1. The van der Waals surface area contributed by atoms with Crippen molar-refractivity contribution in [1.82, 2.24) is 10.3 Å². The van der Waals surface area contributed by atoms with Crippen LogP contribution in [0.25, 0.3) is 0 Å². The van der Waals surface area contributed by atoms with Gasteiger partial charge in [-0.05, 0) is 12.8 Å². The van der Waals surface area contributed by atoms with Gasteiger partial charge in [0.15, 0.2) is 0 Å². The van der Waals surface area contributed by atoms with Crippen LogP contribution in [-0.4, -0.2) is 10.9 Å². The van der Waals surface area contributed by atoms with E-state index in [4.69, 9.17) is 4.42 Å². The van der Waals surface area contributed by atoms with Gasteiger partial charge in [-0.15, -0.1) is 0 Å². The van der Waals surface area contributed by atoms with Crippen molar-refractivity contribution in [3.63, 3.8) is 0 Å². The number of amides is 1. The molecule has 0 aliphatic carbocycles. The van der Waals surface area contributed by atoms with Crippen LogP contribution in [0.5, 0.6) is 0 Å². The Labute approximate surface area is 83.7 Å². The molecule has 0 radical (unpaired) electrons. The molecule has 0 saturated carbocycles. The van der Waals surface area contributed by atoms with Crippen LogP contribution in [0.4, 0.5) is 0 Å². The summed E-state index contributed by atoms with van der Waals surface area (Å²) in [5.74, 6) is 1.73. The van der Waals surface area contributed by atoms with Gasteiger partial charge in [0.05, 0.1) is 12.7 Å². The van der Waals surface area contributed by atoms with Crippen LogP contribution in [0.2, 0.25) is 0 Å². The van der Waals surface area contributed by atoms with Crippen molar-refractivity contribution >= 4 is 5.91 Å². The predicted molar refractivity (Wildman–Crippen MR) is 52.5 cm³/mol. The van der Waals surface area contributed by atoms with Crippen LogP contribution in [0.15, 0.2) is 10.6 Å².